The van der Waals surface area contributed by atoms with E-state index in [-0.39, 0.29) is 23.2 Å². The highest BCUT2D eigenvalue weighted by Crippen LogP contribution is 2.31. The summed E-state index contributed by atoms with van der Waals surface area (Å²) in [6.07, 6.45) is 2.72. The molecule has 1 saturated heterocycles. The van der Waals surface area contributed by atoms with E-state index in [4.69, 9.17) is 4.98 Å². The van der Waals surface area contributed by atoms with Crippen LogP contribution in [-0.4, -0.2) is 68.8 Å². The molecule has 1 amide bonds. The van der Waals surface area contributed by atoms with Gasteiger partial charge in [0.1, 0.15) is 0 Å². The lowest BCUT2D eigenvalue weighted by Crippen LogP contribution is -2.36. The smallest absolute Gasteiger partial charge is 0.260 e. The molecule has 0 bridgehead atoms. The first-order chi connectivity index (χ1) is 15.8. The van der Waals surface area contributed by atoms with Crippen molar-refractivity contribution in [3.63, 3.8) is 0 Å². The van der Waals surface area contributed by atoms with E-state index in [1.54, 1.807) is 17.0 Å². The van der Waals surface area contributed by atoms with Crippen molar-refractivity contribution in [3.05, 3.63) is 53.6 Å². The van der Waals surface area contributed by atoms with Crippen molar-refractivity contribution in [2.24, 2.45) is 0 Å². The number of fused-ring (bicyclic) bond motifs is 1. The van der Waals surface area contributed by atoms with Crippen molar-refractivity contribution < 1.29 is 13.2 Å². The van der Waals surface area contributed by atoms with Gasteiger partial charge >= 0.3 is 0 Å². The van der Waals surface area contributed by atoms with Gasteiger partial charge in [0.15, 0.2) is 5.13 Å². The Hall–Kier alpha value is -2.04. The van der Waals surface area contributed by atoms with E-state index >= 15 is 0 Å². The predicted molar refractivity (Wildman–Crippen MR) is 141 cm³/mol. The number of anilines is 1. The van der Waals surface area contributed by atoms with Gasteiger partial charge in [0, 0.05) is 31.7 Å². The number of sulfonamides is 1. The maximum Gasteiger partial charge on any atom is 0.260 e. The summed E-state index contributed by atoms with van der Waals surface area (Å²) in [7, 11) is 0.422. The third-order valence-corrected chi connectivity index (χ3v) is 8.85. The van der Waals surface area contributed by atoms with E-state index in [2.05, 4.69) is 19.1 Å². The normalized spacial score (nSPS) is 14.5. The van der Waals surface area contributed by atoms with Gasteiger partial charge in [-0.1, -0.05) is 24.3 Å². The lowest BCUT2D eigenvalue weighted by atomic mass is 10.2. The molecule has 0 radical (unpaired) electrons. The average molecular weight is 523 g/mol. The van der Waals surface area contributed by atoms with Crippen molar-refractivity contribution in [1.29, 1.82) is 0 Å². The summed E-state index contributed by atoms with van der Waals surface area (Å²) in [6, 6.07) is 12.5. The monoisotopic (exact) mass is 522 g/mol. The summed E-state index contributed by atoms with van der Waals surface area (Å²) in [5.74, 6) is -0.184. The molecule has 0 unspecified atom stereocenters. The number of halogens is 1. The molecule has 1 fully saturated rings. The van der Waals surface area contributed by atoms with E-state index in [0.717, 1.165) is 29.5 Å². The van der Waals surface area contributed by atoms with Crippen molar-refractivity contribution in [2.45, 2.75) is 31.1 Å². The lowest BCUT2D eigenvalue weighted by Gasteiger charge is -2.22. The Morgan fingerprint density at radius 2 is 1.74 bits per heavy atom. The Morgan fingerprint density at radius 3 is 2.35 bits per heavy atom. The Bertz CT molecular complexity index is 1240. The molecular formula is C24H31ClN4O3S2. The SMILES string of the molecule is CCc1ccc2nc(N(CCN(C)C)C(=O)c3ccc(S(=O)(=O)N4CCCC4)cc3)sc2c1.Cl. The number of rotatable bonds is 8. The van der Waals surface area contributed by atoms with Gasteiger partial charge in [-0.05, 0) is 75.3 Å². The van der Waals surface area contributed by atoms with Crippen LogP contribution in [0.1, 0.15) is 35.7 Å². The third-order valence-electron chi connectivity index (χ3n) is 5.90. The molecule has 0 spiro atoms. The topological polar surface area (TPSA) is 73.8 Å². The van der Waals surface area contributed by atoms with Crippen LogP contribution in [0.4, 0.5) is 5.13 Å². The Morgan fingerprint density at radius 1 is 1.06 bits per heavy atom. The van der Waals surface area contributed by atoms with Crippen molar-refractivity contribution in [2.75, 3.05) is 45.2 Å². The first-order valence-electron chi connectivity index (χ1n) is 11.3. The molecule has 34 heavy (non-hydrogen) atoms. The van der Waals surface area contributed by atoms with E-state index in [9.17, 15) is 13.2 Å². The molecule has 1 aliphatic heterocycles. The Kier molecular flexibility index (Phi) is 8.70. The molecule has 0 saturated carbocycles. The fraction of sp³-hybridized carbons (Fsp3) is 0.417. The molecule has 7 nitrogen and oxygen atoms in total. The van der Waals surface area contributed by atoms with Crippen LogP contribution >= 0.6 is 23.7 Å². The lowest BCUT2D eigenvalue weighted by molar-refractivity contribution is 0.0985. The van der Waals surface area contributed by atoms with Crippen LogP contribution in [0.3, 0.4) is 0 Å². The summed E-state index contributed by atoms with van der Waals surface area (Å²) in [5.41, 5.74) is 2.56. The molecule has 2 aromatic carbocycles. The van der Waals surface area contributed by atoms with Crippen LogP contribution in [0.2, 0.25) is 0 Å². The third kappa shape index (κ3) is 5.60. The van der Waals surface area contributed by atoms with Crippen LogP contribution in [0, 0.1) is 0 Å². The van der Waals surface area contributed by atoms with Crippen LogP contribution < -0.4 is 4.90 Å². The average Bonchev–Trinajstić information content (AvgIpc) is 3.49. The van der Waals surface area contributed by atoms with Gasteiger partial charge in [0.2, 0.25) is 10.0 Å². The van der Waals surface area contributed by atoms with Crippen molar-refractivity contribution in [1.82, 2.24) is 14.2 Å². The molecule has 184 valence electrons. The van der Waals surface area contributed by atoms with Gasteiger partial charge < -0.3 is 4.90 Å². The number of aryl methyl sites for hydroxylation is 1. The quantitative estimate of drug-likeness (QED) is 0.441. The van der Waals surface area contributed by atoms with Gasteiger partial charge in [0.25, 0.3) is 5.91 Å². The van der Waals surface area contributed by atoms with E-state index < -0.39 is 10.0 Å². The Labute approximate surface area is 211 Å². The van der Waals surface area contributed by atoms with Crippen LogP contribution in [0.15, 0.2) is 47.4 Å². The Balaban J connectivity index is 0.00000324. The van der Waals surface area contributed by atoms with Crippen molar-refractivity contribution >= 4 is 55.0 Å². The molecule has 0 atom stereocenters. The number of hydrogen-bond acceptors (Lipinski definition) is 6. The second kappa shape index (κ2) is 11.1. The number of aromatic nitrogens is 1. The number of carbonyl (C=O) groups is 1. The van der Waals surface area contributed by atoms with Gasteiger partial charge in [-0.15, -0.1) is 12.4 Å². The summed E-state index contributed by atoms with van der Waals surface area (Å²) in [5, 5.41) is 0.652. The second-order valence-electron chi connectivity index (χ2n) is 8.55. The van der Waals surface area contributed by atoms with Crippen molar-refractivity contribution in [3.8, 4) is 0 Å². The zero-order valence-electron chi connectivity index (χ0n) is 19.7. The molecule has 0 aliphatic carbocycles. The molecule has 10 heteroatoms. The summed E-state index contributed by atoms with van der Waals surface area (Å²) < 4.78 is 28.2. The number of nitrogens with zero attached hydrogens (tertiary/aromatic N) is 4. The molecule has 1 aromatic heterocycles. The molecule has 4 rings (SSSR count). The molecule has 0 N–H and O–H groups in total. The first kappa shape index (κ1) is 26.6. The highest BCUT2D eigenvalue weighted by Gasteiger charge is 2.28. The van der Waals surface area contributed by atoms with Gasteiger partial charge in [-0.25, -0.2) is 13.4 Å². The molecular weight excluding hydrogens is 492 g/mol. The minimum absolute atomic E-state index is 0. The predicted octanol–water partition coefficient (Wildman–Crippen LogP) is 4.27. The standard InChI is InChI=1S/C24H30N4O3S2.ClH/c1-4-18-7-12-21-22(17-18)32-24(25-21)28(16-15-26(2)3)23(29)19-8-10-20(11-9-19)33(30,31)27-13-5-6-14-27;/h7-12,17H,4-6,13-16H2,1-3H3;1H. The number of hydrogen-bond donors (Lipinski definition) is 0. The fourth-order valence-corrected chi connectivity index (χ4v) is 6.45. The first-order valence-corrected chi connectivity index (χ1v) is 13.5. The number of thiazole rings is 1. The van der Waals surface area contributed by atoms with Crippen LogP contribution in [0.5, 0.6) is 0 Å². The van der Waals surface area contributed by atoms with Gasteiger partial charge in [0.05, 0.1) is 15.1 Å². The number of benzene rings is 2. The minimum Gasteiger partial charge on any atom is -0.308 e. The molecule has 1 aliphatic rings. The highest BCUT2D eigenvalue weighted by molar-refractivity contribution is 7.89. The van der Waals surface area contributed by atoms with Gasteiger partial charge in [-0.2, -0.15) is 4.31 Å². The molecule has 2 heterocycles. The van der Waals surface area contributed by atoms with E-state index in [1.807, 2.05) is 25.1 Å². The van der Waals surface area contributed by atoms with Crippen LogP contribution in [0.25, 0.3) is 10.2 Å². The van der Waals surface area contributed by atoms with E-state index in [0.29, 0.717) is 36.9 Å². The summed E-state index contributed by atoms with van der Waals surface area (Å²) in [4.78, 5) is 22.2. The number of amides is 1. The van der Waals surface area contributed by atoms with Gasteiger partial charge in [-0.3, -0.25) is 9.69 Å². The van der Waals surface area contributed by atoms with Crippen LogP contribution in [-0.2, 0) is 16.4 Å². The minimum atomic E-state index is -3.51. The largest absolute Gasteiger partial charge is 0.308 e. The van der Waals surface area contributed by atoms with E-state index in [1.165, 1.54) is 33.3 Å². The second-order valence-corrected chi connectivity index (χ2v) is 11.5. The summed E-state index contributed by atoms with van der Waals surface area (Å²) >= 11 is 1.51. The maximum absolute atomic E-state index is 13.5. The zero-order valence-corrected chi connectivity index (χ0v) is 22.2. The molecule has 3 aromatic rings. The fourth-order valence-electron chi connectivity index (χ4n) is 3.88. The highest BCUT2D eigenvalue weighted by atomic mass is 35.5. The summed E-state index contributed by atoms with van der Waals surface area (Å²) in [6.45, 7) is 4.39. The maximum atomic E-state index is 13.5. The zero-order chi connectivity index (χ0) is 23.6. The number of likely N-dealkylation sites (N-methyl/N-ethyl adjacent to an activating group) is 1. The number of carbonyl (C=O) groups excluding carboxylic acids is 1.